The highest BCUT2D eigenvalue weighted by atomic mass is 32.2. The van der Waals surface area contributed by atoms with Crippen molar-refractivity contribution >= 4 is 16.7 Å². The number of amides is 1. The van der Waals surface area contributed by atoms with Crippen LogP contribution in [0.5, 0.6) is 0 Å². The average molecular weight is 262 g/mol. The summed E-state index contributed by atoms with van der Waals surface area (Å²) in [6, 6.07) is 0. The fraction of sp³-hybridized carbons (Fsp3) is 0.917. The summed E-state index contributed by atoms with van der Waals surface area (Å²) in [5.41, 5.74) is 5.42. The molecule has 0 rings (SSSR count). The second kappa shape index (κ2) is 8.64. The summed E-state index contributed by atoms with van der Waals surface area (Å²) in [6.45, 7) is 8.97. The fourth-order valence-corrected chi connectivity index (χ4v) is 2.79. The van der Waals surface area contributed by atoms with Crippen LogP contribution in [0.25, 0.3) is 0 Å². The van der Waals surface area contributed by atoms with Crippen LogP contribution in [-0.2, 0) is 15.6 Å². The largest absolute Gasteiger partial charge is 0.355 e. The molecule has 0 aromatic carbocycles. The predicted octanol–water partition coefficient (Wildman–Crippen LogP) is 1.02. The number of carbonyl (C=O) groups excluding carboxylic acids is 1. The minimum atomic E-state index is -1.15. The zero-order valence-electron chi connectivity index (χ0n) is 11.4. The molecule has 0 radical (unpaired) electrons. The van der Waals surface area contributed by atoms with Gasteiger partial charge in [0.1, 0.15) is 5.25 Å². The van der Waals surface area contributed by atoms with Gasteiger partial charge in [-0.15, -0.1) is 0 Å². The highest BCUT2D eigenvalue weighted by molar-refractivity contribution is 7.87. The summed E-state index contributed by atoms with van der Waals surface area (Å²) >= 11 is 0. The normalized spacial score (nSPS) is 16.6. The zero-order valence-corrected chi connectivity index (χ0v) is 12.2. The first kappa shape index (κ1) is 16.6. The molecule has 0 aliphatic heterocycles. The van der Waals surface area contributed by atoms with Crippen LogP contribution in [-0.4, -0.2) is 33.7 Å². The van der Waals surface area contributed by atoms with Gasteiger partial charge in [0, 0.05) is 22.6 Å². The van der Waals surface area contributed by atoms with E-state index in [1.165, 1.54) is 0 Å². The standard InChI is InChI=1S/C12H26N2O2S/c1-9(2)6-8-14-12(15)11(4)17(16)10(3)5-7-13/h9-11H,5-8,13H2,1-4H3,(H,14,15). The van der Waals surface area contributed by atoms with E-state index in [1.807, 2.05) is 6.92 Å². The Bertz CT molecular complexity index is 257. The van der Waals surface area contributed by atoms with Crippen LogP contribution >= 0.6 is 0 Å². The average Bonchev–Trinajstić information content (AvgIpc) is 2.26. The van der Waals surface area contributed by atoms with E-state index in [0.29, 0.717) is 25.4 Å². The number of hydrogen-bond acceptors (Lipinski definition) is 3. The van der Waals surface area contributed by atoms with Gasteiger partial charge in [0.15, 0.2) is 0 Å². The third-order valence-corrected chi connectivity index (χ3v) is 4.65. The van der Waals surface area contributed by atoms with E-state index < -0.39 is 16.0 Å². The van der Waals surface area contributed by atoms with E-state index >= 15 is 0 Å². The topological polar surface area (TPSA) is 72.2 Å². The van der Waals surface area contributed by atoms with Crippen LogP contribution in [0.15, 0.2) is 0 Å². The first-order valence-corrected chi connectivity index (χ1v) is 7.54. The Balaban J connectivity index is 4.07. The van der Waals surface area contributed by atoms with Gasteiger partial charge in [-0.05, 0) is 32.2 Å². The monoisotopic (exact) mass is 262 g/mol. The first-order valence-electron chi connectivity index (χ1n) is 6.27. The van der Waals surface area contributed by atoms with Crippen LogP contribution in [0.2, 0.25) is 0 Å². The van der Waals surface area contributed by atoms with Crippen molar-refractivity contribution in [3.8, 4) is 0 Å². The molecule has 0 spiro atoms. The van der Waals surface area contributed by atoms with Gasteiger partial charge < -0.3 is 11.1 Å². The molecule has 3 N–H and O–H groups in total. The molecule has 102 valence electrons. The lowest BCUT2D eigenvalue weighted by Gasteiger charge is -2.17. The Labute approximate surface area is 107 Å². The summed E-state index contributed by atoms with van der Waals surface area (Å²) in [4.78, 5) is 11.7. The van der Waals surface area contributed by atoms with Crippen molar-refractivity contribution < 1.29 is 9.00 Å². The Kier molecular flexibility index (Phi) is 8.43. The van der Waals surface area contributed by atoms with Crippen molar-refractivity contribution in [3.05, 3.63) is 0 Å². The number of carbonyl (C=O) groups is 1. The van der Waals surface area contributed by atoms with Crippen LogP contribution in [0, 0.1) is 5.92 Å². The van der Waals surface area contributed by atoms with Gasteiger partial charge in [-0.25, -0.2) is 0 Å². The quantitative estimate of drug-likeness (QED) is 0.686. The lowest BCUT2D eigenvalue weighted by atomic mass is 10.1. The van der Waals surface area contributed by atoms with Crippen LogP contribution in [0.4, 0.5) is 0 Å². The van der Waals surface area contributed by atoms with E-state index in [9.17, 15) is 9.00 Å². The number of hydrogen-bond donors (Lipinski definition) is 2. The van der Waals surface area contributed by atoms with Crippen LogP contribution in [0.1, 0.15) is 40.5 Å². The molecule has 0 saturated carbocycles. The van der Waals surface area contributed by atoms with Gasteiger partial charge in [-0.2, -0.15) is 0 Å². The SMILES string of the molecule is CC(C)CCNC(=O)C(C)S(=O)C(C)CCN. The minimum Gasteiger partial charge on any atom is -0.355 e. The van der Waals surface area contributed by atoms with Crippen LogP contribution in [0.3, 0.4) is 0 Å². The van der Waals surface area contributed by atoms with Crippen molar-refractivity contribution in [1.29, 1.82) is 0 Å². The van der Waals surface area contributed by atoms with Gasteiger partial charge >= 0.3 is 0 Å². The molecule has 0 aliphatic rings. The van der Waals surface area contributed by atoms with Crippen molar-refractivity contribution in [2.24, 2.45) is 11.7 Å². The Morgan fingerprint density at radius 1 is 1.24 bits per heavy atom. The molecule has 0 bridgehead atoms. The van der Waals surface area contributed by atoms with Crippen molar-refractivity contribution in [2.75, 3.05) is 13.1 Å². The first-order chi connectivity index (χ1) is 7.90. The summed E-state index contributed by atoms with van der Waals surface area (Å²) in [5.74, 6) is 0.445. The molecule has 3 atom stereocenters. The summed E-state index contributed by atoms with van der Waals surface area (Å²) in [5, 5.41) is 2.35. The van der Waals surface area contributed by atoms with Crippen LogP contribution < -0.4 is 11.1 Å². The van der Waals surface area contributed by atoms with E-state index in [2.05, 4.69) is 19.2 Å². The summed E-state index contributed by atoms with van der Waals surface area (Å²) < 4.78 is 12.0. The van der Waals surface area contributed by atoms with Crippen molar-refractivity contribution in [2.45, 2.75) is 51.0 Å². The maximum Gasteiger partial charge on any atom is 0.235 e. The van der Waals surface area contributed by atoms with Gasteiger partial charge in [-0.3, -0.25) is 9.00 Å². The Hall–Kier alpha value is -0.420. The molecule has 3 unspecified atom stereocenters. The highest BCUT2D eigenvalue weighted by Gasteiger charge is 2.23. The molecule has 17 heavy (non-hydrogen) atoms. The predicted molar refractivity (Wildman–Crippen MR) is 73.2 cm³/mol. The molecule has 0 aliphatic carbocycles. The molecule has 4 nitrogen and oxygen atoms in total. The highest BCUT2D eigenvalue weighted by Crippen LogP contribution is 2.07. The second-order valence-electron chi connectivity index (χ2n) is 4.83. The number of nitrogens with two attached hydrogens (primary N) is 1. The lowest BCUT2D eigenvalue weighted by Crippen LogP contribution is -2.39. The smallest absolute Gasteiger partial charge is 0.235 e. The van der Waals surface area contributed by atoms with Gasteiger partial charge in [0.05, 0.1) is 0 Å². The molecule has 0 fully saturated rings. The van der Waals surface area contributed by atoms with E-state index in [0.717, 1.165) is 6.42 Å². The molecule has 5 heteroatoms. The molecular formula is C12H26N2O2S. The van der Waals surface area contributed by atoms with Gasteiger partial charge in [-0.1, -0.05) is 20.8 Å². The van der Waals surface area contributed by atoms with E-state index in [1.54, 1.807) is 6.92 Å². The van der Waals surface area contributed by atoms with Crippen molar-refractivity contribution in [1.82, 2.24) is 5.32 Å². The molecule has 0 aromatic heterocycles. The molecule has 0 saturated heterocycles. The van der Waals surface area contributed by atoms with Gasteiger partial charge in [0.25, 0.3) is 0 Å². The lowest BCUT2D eigenvalue weighted by molar-refractivity contribution is -0.120. The minimum absolute atomic E-state index is 0.0224. The molecular weight excluding hydrogens is 236 g/mol. The third-order valence-electron chi connectivity index (χ3n) is 2.71. The fourth-order valence-electron chi connectivity index (χ4n) is 1.43. The Morgan fingerprint density at radius 2 is 1.82 bits per heavy atom. The maximum atomic E-state index is 12.0. The third kappa shape index (κ3) is 6.78. The molecule has 0 aromatic rings. The Morgan fingerprint density at radius 3 is 2.29 bits per heavy atom. The summed E-state index contributed by atoms with van der Waals surface area (Å²) in [7, 11) is -1.15. The molecule has 1 amide bonds. The molecule has 0 heterocycles. The summed E-state index contributed by atoms with van der Waals surface area (Å²) in [6.07, 6.45) is 1.64. The number of rotatable bonds is 8. The van der Waals surface area contributed by atoms with E-state index in [4.69, 9.17) is 5.73 Å². The maximum absolute atomic E-state index is 12.0. The van der Waals surface area contributed by atoms with Crippen molar-refractivity contribution in [3.63, 3.8) is 0 Å². The second-order valence-corrected chi connectivity index (χ2v) is 7.00. The van der Waals surface area contributed by atoms with Gasteiger partial charge in [0.2, 0.25) is 5.91 Å². The zero-order chi connectivity index (χ0) is 13.4. The number of nitrogens with one attached hydrogen (secondary N) is 1. The van der Waals surface area contributed by atoms with E-state index in [-0.39, 0.29) is 11.2 Å².